The first-order chi connectivity index (χ1) is 25.3. The van der Waals surface area contributed by atoms with E-state index in [9.17, 15) is 0 Å². The highest BCUT2D eigenvalue weighted by molar-refractivity contribution is 7.00. The Morgan fingerprint density at radius 2 is 1.34 bits per heavy atom. The lowest BCUT2D eigenvalue weighted by Crippen LogP contribution is -2.52. The Kier molecular flexibility index (Phi) is 7.00. The number of hydrogen-bond donors (Lipinski definition) is 0. The van der Waals surface area contributed by atoms with E-state index in [-0.39, 0.29) is 0 Å². The molecule has 3 heterocycles. The second-order valence-electron chi connectivity index (χ2n) is 14.6. The van der Waals surface area contributed by atoms with E-state index >= 15 is 0 Å². The van der Waals surface area contributed by atoms with Gasteiger partial charge in [0.25, 0.3) is 0 Å². The fraction of sp³-hybridized carbons (Fsp3) is 0.200. The average Bonchev–Trinajstić information content (AvgIpc) is 3.71. The summed E-state index contributed by atoms with van der Waals surface area (Å²) in [6, 6.07) is 43.1. The van der Waals surface area contributed by atoms with Crippen LogP contribution in [0, 0.1) is 0 Å². The van der Waals surface area contributed by atoms with Gasteiger partial charge in [0.15, 0.2) is 11.0 Å². The molecule has 0 saturated carbocycles. The minimum Gasteiger partial charge on any atom is -0.294 e. The van der Waals surface area contributed by atoms with Crippen LogP contribution in [0.1, 0.15) is 54.8 Å². The highest BCUT2D eigenvalue weighted by atomic mass is 28.3. The van der Waals surface area contributed by atoms with Crippen molar-refractivity contribution >= 4 is 51.3 Å². The summed E-state index contributed by atoms with van der Waals surface area (Å²) in [5, 5.41) is 4.98. The molecule has 5 aromatic carbocycles. The predicted molar refractivity (Wildman–Crippen MR) is 213 cm³/mol. The van der Waals surface area contributed by atoms with Gasteiger partial charge in [0.2, 0.25) is 6.33 Å². The molecule has 8 aromatic rings. The second-order valence-corrected chi connectivity index (χ2v) is 19.0. The van der Waals surface area contributed by atoms with Crippen molar-refractivity contribution in [3.8, 4) is 22.6 Å². The maximum Gasteiger partial charge on any atom is 0.249 e. The molecule has 0 aliphatic rings. The molecule has 0 saturated heterocycles. The molecule has 0 fully saturated rings. The Morgan fingerprint density at radius 3 is 2.10 bits per heavy atom. The Morgan fingerprint density at radius 1 is 0.660 bits per heavy atom. The number of aryl methyl sites for hydroxylation is 1. The van der Waals surface area contributed by atoms with Crippen molar-refractivity contribution in [3.63, 3.8) is 0 Å². The lowest BCUT2D eigenvalue weighted by Gasteiger charge is -2.24. The van der Waals surface area contributed by atoms with Crippen LogP contribution >= 0.6 is 0 Å². The Balaban J connectivity index is 1.28. The van der Waals surface area contributed by atoms with Gasteiger partial charge >= 0.3 is 0 Å². The van der Waals surface area contributed by atoms with Crippen LogP contribution in [0.15, 0.2) is 134 Å². The Labute approximate surface area is 300 Å². The van der Waals surface area contributed by atoms with Crippen molar-refractivity contribution < 1.29 is 8.68 Å². The van der Waals surface area contributed by atoms with Crippen LogP contribution < -0.4 is 14.9 Å². The van der Waals surface area contributed by atoms with Gasteiger partial charge in [0.1, 0.15) is 19.6 Å². The number of hydrogen-bond acceptors (Lipinski definition) is 1. The first-order valence-electron chi connectivity index (χ1n) is 19.1. The van der Waals surface area contributed by atoms with Crippen molar-refractivity contribution in [2.45, 2.75) is 52.6 Å². The molecule has 0 bridgehead atoms. The van der Waals surface area contributed by atoms with Gasteiger partial charge in [-0.2, -0.15) is 4.57 Å². The van der Waals surface area contributed by atoms with E-state index < -0.39 is 15.0 Å². The minimum atomic E-state index is -2.28. The molecule has 248 valence electrons. The molecule has 8 rings (SSSR count). The topological polar surface area (TPSA) is 26.6 Å². The van der Waals surface area contributed by atoms with Crippen molar-refractivity contribution in [2.75, 3.05) is 0 Å². The molecule has 0 radical (unpaired) electrons. The first-order valence-corrected chi connectivity index (χ1v) is 20.6. The van der Waals surface area contributed by atoms with E-state index in [4.69, 9.17) is 9.10 Å². The fourth-order valence-electron chi connectivity index (χ4n) is 7.72. The number of imidazole rings is 1. The van der Waals surface area contributed by atoms with Gasteiger partial charge in [-0.25, -0.2) is 9.55 Å². The zero-order valence-corrected chi connectivity index (χ0v) is 30.6. The molecule has 0 atom stereocenters. The third kappa shape index (κ3) is 5.19. The van der Waals surface area contributed by atoms with Gasteiger partial charge in [0, 0.05) is 17.0 Å². The average molecular weight is 673 g/mol. The van der Waals surface area contributed by atoms with Crippen LogP contribution in [0.4, 0.5) is 0 Å². The summed E-state index contributed by atoms with van der Waals surface area (Å²) in [4.78, 5) is 5.03. The molecule has 50 heavy (non-hydrogen) atoms. The summed E-state index contributed by atoms with van der Waals surface area (Å²) < 4.78 is 30.2. The van der Waals surface area contributed by atoms with Crippen molar-refractivity contribution in [2.24, 2.45) is 6.98 Å². The highest BCUT2D eigenvalue weighted by Gasteiger charge is 2.29. The molecular weight excluding hydrogens is 625 g/mol. The van der Waals surface area contributed by atoms with Gasteiger partial charge < -0.3 is 0 Å². The van der Waals surface area contributed by atoms with E-state index in [1.54, 1.807) is 6.33 Å². The third-order valence-electron chi connectivity index (χ3n) is 10.5. The summed E-state index contributed by atoms with van der Waals surface area (Å²) in [5.74, 6) is 1.68. The van der Waals surface area contributed by atoms with Gasteiger partial charge in [-0.1, -0.05) is 124 Å². The lowest BCUT2D eigenvalue weighted by molar-refractivity contribution is -0.645. The number of benzene rings is 5. The number of rotatable bonds is 7. The van der Waals surface area contributed by atoms with E-state index in [0.29, 0.717) is 17.4 Å². The molecular formula is C45H45N4Si+. The summed E-state index contributed by atoms with van der Waals surface area (Å²) in [6.45, 7) is 11.6. The van der Waals surface area contributed by atoms with Crippen molar-refractivity contribution in [1.29, 1.82) is 0 Å². The molecule has 0 amide bonds. The summed E-state index contributed by atoms with van der Waals surface area (Å²) >= 11 is 0. The minimum absolute atomic E-state index is 0.389. The molecule has 5 heteroatoms. The standard InChI is InChI=1S/C45H45N4Si/c1-30(2)36-17-13-18-37(31(3)4)45(36)32-24-25-46-44(26-32)49-40-19-9-8-16-38(40)39-23-22-35(28-43(39)49)50(6,7)34-15-12-14-33(27-34)48-29-47(5)41-20-10-11-21-42(41)48/h8-31H,1-7H3/q+1/i5D3. The summed E-state index contributed by atoms with van der Waals surface area (Å²) in [7, 11) is -2.28. The highest BCUT2D eigenvalue weighted by Crippen LogP contribution is 2.38. The molecule has 0 aliphatic heterocycles. The molecule has 0 spiro atoms. The number of fused-ring (bicyclic) bond motifs is 4. The van der Waals surface area contributed by atoms with E-state index in [2.05, 4.69) is 142 Å². The second kappa shape index (κ2) is 12.3. The lowest BCUT2D eigenvalue weighted by atomic mass is 9.85. The van der Waals surface area contributed by atoms with Crippen LogP contribution in [0.2, 0.25) is 13.1 Å². The smallest absolute Gasteiger partial charge is 0.249 e. The van der Waals surface area contributed by atoms with Gasteiger partial charge in [-0.15, -0.1) is 0 Å². The van der Waals surface area contributed by atoms with Crippen LogP contribution in [0.3, 0.4) is 0 Å². The summed E-state index contributed by atoms with van der Waals surface area (Å²) in [5.41, 5.74) is 9.97. The Bertz CT molecular complexity index is 2640. The first kappa shape index (κ1) is 28.6. The van der Waals surface area contributed by atoms with Gasteiger partial charge in [0.05, 0.1) is 22.1 Å². The number of aromatic nitrogens is 4. The molecule has 0 unspecified atom stereocenters. The van der Waals surface area contributed by atoms with Crippen molar-refractivity contribution in [3.05, 3.63) is 145 Å². The largest absolute Gasteiger partial charge is 0.294 e. The van der Waals surface area contributed by atoms with Gasteiger partial charge in [-0.05, 0) is 82.6 Å². The Hall–Kier alpha value is -5.26. The maximum atomic E-state index is 8.16. The van der Waals surface area contributed by atoms with Crippen molar-refractivity contribution in [1.82, 2.24) is 14.1 Å². The fourth-order valence-corrected chi connectivity index (χ4v) is 10.1. The van der Waals surface area contributed by atoms with E-state index in [1.807, 2.05) is 35.0 Å². The number of para-hydroxylation sites is 3. The van der Waals surface area contributed by atoms with Crippen LogP contribution in [0.5, 0.6) is 0 Å². The monoisotopic (exact) mass is 672 g/mol. The number of pyridine rings is 1. The zero-order chi connectivity index (χ0) is 37.2. The molecule has 0 N–H and O–H groups in total. The summed E-state index contributed by atoms with van der Waals surface area (Å²) in [6.07, 6.45) is 3.67. The maximum absolute atomic E-state index is 8.16. The normalized spacial score (nSPS) is 13.4. The number of nitrogens with zero attached hydrogens (tertiary/aromatic N) is 4. The van der Waals surface area contributed by atoms with Crippen LogP contribution in [-0.4, -0.2) is 22.2 Å². The predicted octanol–water partition coefficient (Wildman–Crippen LogP) is 9.68. The molecule has 0 aliphatic carbocycles. The van der Waals surface area contributed by atoms with E-state index in [0.717, 1.165) is 28.1 Å². The SMILES string of the molecule is [2H]C([2H])([2H])[n+]1cn(-c2cccc([Si](C)(C)c3ccc4c5ccccc5n(-c5cc(-c6c(C(C)C)cccc6C(C)C)ccn5)c4c3)c2)c2ccccc21. The molecule has 4 nitrogen and oxygen atoms in total. The molecule has 3 aromatic heterocycles. The zero-order valence-electron chi connectivity index (χ0n) is 32.6. The van der Waals surface area contributed by atoms with E-state index in [1.165, 1.54) is 48.0 Å². The van der Waals surface area contributed by atoms with Crippen LogP contribution in [-0.2, 0) is 6.98 Å². The van der Waals surface area contributed by atoms with Crippen LogP contribution in [0.25, 0.3) is 55.5 Å². The quantitative estimate of drug-likeness (QED) is 0.122. The third-order valence-corrected chi connectivity index (χ3v) is 14.0. The van der Waals surface area contributed by atoms with Gasteiger partial charge in [-0.3, -0.25) is 4.57 Å².